The number of hydrogen-bond donors (Lipinski definition) is 4. The van der Waals surface area contributed by atoms with Crippen molar-refractivity contribution < 1.29 is 9.90 Å². The molecule has 0 radical (unpaired) electrons. The number of piperidine rings is 1. The van der Waals surface area contributed by atoms with Gasteiger partial charge in [0, 0.05) is 31.4 Å². The summed E-state index contributed by atoms with van der Waals surface area (Å²) in [5, 5.41) is 18.1. The van der Waals surface area contributed by atoms with E-state index in [9.17, 15) is 9.90 Å². The molecule has 2 rings (SSSR count). The molecule has 0 saturated carbocycles. The molecule has 1 aliphatic heterocycles. The van der Waals surface area contributed by atoms with Gasteiger partial charge >= 0.3 is 5.97 Å². The molecule has 0 aromatic carbocycles. The number of aromatic nitrogens is 1. The molecule has 4 N–H and O–H groups in total. The Morgan fingerprint density at radius 2 is 2.18 bits per heavy atom. The Morgan fingerprint density at radius 3 is 2.73 bits per heavy atom. The van der Waals surface area contributed by atoms with E-state index in [2.05, 4.69) is 21.0 Å². The van der Waals surface area contributed by atoms with Gasteiger partial charge in [0.1, 0.15) is 11.4 Å². The number of pyridine rings is 1. The third-order valence-electron chi connectivity index (χ3n) is 4.06. The van der Waals surface area contributed by atoms with Gasteiger partial charge in [0.15, 0.2) is 0 Å². The highest BCUT2D eigenvalue weighted by molar-refractivity contribution is 5.95. The Bertz CT molecular complexity index is 525. The lowest BCUT2D eigenvalue weighted by Crippen LogP contribution is -2.37. The molecular weight excluding hydrogens is 282 g/mol. The van der Waals surface area contributed by atoms with Crippen LogP contribution in [-0.2, 0) is 0 Å². The van der Waals surface area contributed by atoms with E-state index in [0.29, 0.717) is 5.69 Å². The van der Waals surface area contributed by atoms with Crippen LogP contribution in [0, 0.1) is 6.92 Å². The second kappa shape index (κ2) is 7.42. The summed E-state index contributed by atoms with van der Waals surface area (Å²) in [6.45, 7) is 6.58. The lowest BCUT2D eigenvalue weighted by molar-refractivity contribution is 0.0697. The maximum atomic E-state index is 11.5. The molecule has 1 aliphatic rings. The molecule has 2 heterocycles. The van der Waals surface area contributed by atoms with Gasteiger partial charge in [-0.1, -0.05) is 0 Å². The van der Waals surface area contributed by atoms with Crippen LogP contribution in [0.15, 0.2) is 6.20 Å². The summed E-state index contributed by atoms with van der Waals surface area (Å²) in [4.78, 5) is 15.8. The van der Waals surface area contributed by atoms with E-state index < -0.39 is 5.97 Å². The van der Waals surface area contributed by atoms with Crippen molar-refractivity contribution in [2.75, 3.05) is 37.0 Å². The van der Waals surface area contributed by atoms with Crippen molar-refractivity contribution in [1.29, 1.82) is 0 Å². The highest BCUT2D eigenvalue weighted by atomic mass is 16.4. The number of hydrazine groups is 1. The average molecular weight is 307 g/mol. The number of carbonyl (C=O) groups is 1. The summed E-state index contributed by atoms with van der Waals surface area (Å²) in [5.41, 5.74) is 4.84. The van der Waals surface area contributed by atoms with Crippen molar-refractivity contribution in [2.24, 2.45) is 0 Å². The van der Waals surface area contributed by atoms with Gasteiger partial charge in [-0.15, -0.1) is 0 Å². The number of carboxylic acid groups (broad SMARTS) is 1. The van der Waals surface area contributed by atoms with Crippen LogP contribution in [0.5, 0.6) is 0 Å². The zero-order valence-corrected chi connectivity index (χ0v) is 13.4. The van der Waals surface area contributed by atoms with Crippen LogP contribution in [0.25, 0.3) is 0 Å². The largest absolute Gasteiger partial charge is 0.478 e. The fourth-order valence-corrected chi connectivity index (χ4v) is 2.81. The van der Waals surface area contributed by atoms with Crippen LogP contribution < -0.4 is 21.1 Å². The smallest absolute Gasteiger partial charge is 0.339 e. The second-order valence-corrected chi connectivity index (χ2v) is 5.44. The molecule has 7 nitrogen and oxygen atoms in total. The monoisotopic (exact) mass is 307 g/mol. The number of nitrogens with zero attached hydrogens (tertiary/aromatic N) is 2. The Morgan fingerprint density at radius 1 is 1.50 bits per heavy atom. The van der Waals surface area contributed by atoms with Gasteiger partial charge in [-0.25, -0.2) is 15.2 Å². The number of hydrogen-bond acceptors (Lipinski definition) is 6. The van der Waals surface area contributed by atoms with Gasteiger partial charge in [0.25, 0.3) is 0 Å². The van der Waals surface area contributed by atoms with Gasteiger partial charge in [-0.05, 0) is 39.8 Å². The fraction of sp³-hybridized carbons (Fsp3) is 0.600. The number of aromatic carboxylic acids is 1. The first kappa shape index (κ1) is 16.5. The van der Waals surface area contributed by atoms with Crippen molar-refractivity contribution in [3.05, 3.63) is 17.3 Å². The molecule has 0 bridgehead atoms. The summed E-state index contributed by atoms with van der Waals surface area (Å²) >= 11 is 0. The first-order valence-corrected chi connectivity index (χ1v) is 7.73. The molecule has 0 spiro atoms. The van der Waals surface area contributed by atoms with Crippen LogP contribution in [0.3, 0.4) is 0 Å². The quantitative estimate of drug-likeness (QED) is 0.587. The van der Waals surface area contributed by atoms with Crippen LogP contribution in [0.1, 0.15) is 35.7 Å². The molecule has 1 saturated heterocycles. The topological polar surface area (TPSA) is 89.5 Å². The minimum atomic E-state index is -0.953. The van der Waals surface area contributed by atoms with Crippen molar-refractivity contribution in [3.8, 4) is 0 Å². The first-order chi connectivity index (χ1) is 10.6. The van der Waals surface area contributed by atoms with Crippen LogP contribution in [0.2, 0.25) is 0 Å². The Hall–Kier alpha value is -1.86. The van der Waals surface area contributed by atoms with Gasteiger partial charge < -0.3 is 15.7 Å². The molecule has 122 valence electrons. The van der Waals surface area contributed by atoms with Crippen molar-refractivity contribution >= 4 is 17.5 Å². The number of anilines is 2. The van der Waals surface area contributed by atoms with E-state index in [1.807, 2.05) is 25.9 Å². The molecule has 0 atom stereocenters. The molecule has 1 fully saturated rings. The van der Waals surface area contributed by atoms with Gasteiger partial charge in [-0.2, -0.15) is 0 Å². The van der Waals surface area contributed by atoms with Crippen molar-refractivity contribution in [3.63, 3.8) is 0 Å². The zero-order chi connectivity index (χ0) is 16.1. The number of nitrogens with one attached hydrogen (secondary N) is 3. The zero-order valence-electron chi connectivity index (χ0n) is 13.4. The Labute approximate surface area is 131 Å². The van der Waals surface area contributed by atoms with Gasteiger partial charge in [-0.3, -0.25) is 5.01 Å². The van der Waals surface area contributed by atoms with E-state index >= 15 is 0 Å². The van der Waals surface area contributed by atoms with Crippen LogP contribution in [-0.4, -0.2) is 48.8 Å². The normalized spacial score (nSPS) is 15.6. The van der Waals surface area contributed by atoms with Crippen molar-refractivity contribution in [2.45, 2.75) is 32.7 Å². The highest BCUT2D eigenvalue weighted by Gasteiger charge is 2.22. The fourth-order valence-electron chi connectivity index (χ4n) is 2.81. The van der Waals surface area contributed by atoms with Crippen molar-refractivity contribution in [1.82, 2.24) is 15.7 Å². The summed E-state index contributed by atoms with van der Waals surface area (Å²) in [7, 11) is 1.83. The van der Waals surface area contributed by atoms with E-state index in [1.54, 1.807) is 0 Å². The van der Waals surface area contributed by atoms with Crippen LogP contribution in [0.4, 0.5) is 11.5 Å². The molecule has 1 aromatic rings. The Balaban J connectivity index is 2.37. The minimum absolute atomic E-state index is 0.229. The maximum absolute atomic E-state index is 11.5. The molecule has 0 unspecified atom stereocenters. The molecule has 1 aromatic heterocycles. The number of carboxylic acids is 1. The lowest BCUT2D eigenvalue weighted by Gasteiger charge is -2.28. The molecule has 7 heteroatoms. The average Bonchev–Trinajstić information content (AvgIpc) is 2.52. The summed E-state index contributed by atoms with van der Waals surface area (Å²) < 4.78 is 0. The molecule has 0 aliphatic carbocycles. The predicted molar refractivity (Wildman–Crippen MR) is 87.5 cm³/mol. The molecular formula is C15H25N5O2. The van der Waals surface area contributed by atoms with E-state index in [-0.39, 0.29) is 11.6 Å². The Kier molecular flexibility index (Phi) is 5.57. The second-order valence-electron chi connectivity index (χ2n) is 5.44. The predicted octanol–water partition coefficient (Wildman–Crippen LogP) is 1.21. The summed E-state index contributed by atoms with van der Waals surface area (Å²) in [6.07, 6.45) is 3.41. The number of rotatable bonds is 6. The summed E-state index contributed by atoms with van der Waals surface area (Å²) in [6, 6.07) is 0.290. The molecule has 0 amide bonds. The lowest BCUT2D eigenvalue weighted by atomic mass is 10.0. The first-order valence-electron chi connectivity index (χ1n) is 7.73. The van der Waals surface area contributed by atoms with Gasteiger partial charge in [0.2, 0.25) is 0 Å². The minimum Gasteiger partial charge on any atom is -0.478 e. The van der Waals surface area contributed by atoms with Gasteiger partial charge in [0.05, 0.1) is 5.69 Å². The SMILES string of the molecule is CCN(NC)c1ncc(C(=O)O)c(NC2CCNCC2)c1C. The molecule has 22 heavy (non-hydrogen) atoms. The third-order valence-corrected chi connectivity index (χ3v) is 4.06. The third kappa shape index (κ3) is 3.48. The van der Waals surface area contributed by atoms with Crippen LogP contribution >= 0.6 is 0 Å². The van der Waals surface area contributed by atoms with E-state index in [4.69, 9.17) is 0 Å². The maximum Gasteiger partial charge on any atom is 0.339 e. The van der Waals surface area contributed by atoms with E-state index in [1.165, 1.54) is 6.20 Å². The highest BCUT2D eigenvalue weighted by Crippen LogP contribution is 2.29. The van der Waals surface area contributed by atoms with E-state index in [0.717, 1.165) is 43.9 Å². The standard InChI is InChI=1S/C15H25N5O2/c1-4-20(16-3)14-10(2)13(12(9-18-14)15(21)22)19-11-5-7-17-8-6-11/h9,11,16-17H,4-8H2,1-3H3,(H,18,19)(H,21,22). The summed E-state index contributed by atoms with van der Waals surface area (Å²) in [5.74, 6) is -0.197.